The van der Waals surface area contributed by atoms with Crippen molar-refractivity contribution in [1.29, 1.82) is 0 Å². The SMILES string of the molecule is COc1ccc(NC(=O)c2ccc(CN3C(=O)COc4ccc(C(=O)COc5ccc(C)cc5)cc43)o2)cc1. The van der Waals surface area contributed by atoms with Crippen LogP contribution in [0.15, 0.2) is 83.3 Å². The number of benzene rings is 3. The Bertz CT molecular complexity index is 1510. The van der Waals surface area contributed by atoms with Crippen LogP contribution in [0.5, 0.6) is 17.2 Å². The van der Waals surface area contributed by atoms with Gasteiger partial charge in [0.25, 0.3) is 11.8 Å². The number of nitrogens with zero attached hydrogens (tertiary/aromatic N) is 1. The molecule has 0 bridgehead atoms. The fourth-order valence-corrected chi connectivity index (χ4v) is 4.02. The molecule has 2 amide bonds. The van der Waals surface area contributed by atoms with Crippen LogP contribution in [0.2, 0.25) is 0 Å². The number of amides is 2. The summed E-state index contributed by atoms with van der Waals surface area (Å²) >= 11 is 0. The van der Waals surface area contributed by atoms with E-state index in [4.69, 9.17) is 18.6 Å². The zero-order valence-corrected chi connectivity index (χ0v) is 21.4. The Morgan fingerprint density at radius 2 is 1.69 bits per heavy atom. The molecule has 4 aromatic rings. The number of ketones is 1. The van der Waals surface area contributed by atoms with Gasteiger partial charge in [-0.3, -0.25) is 19.3 Å². The summed E-state index contributed by atoms with van der Waals surface area (Å²) in [7, 11) is 1.56. The predicted molar refractivity (Wildman–Crippen MR) is 144 cm³/mol. The molecule has 3 aromatic carbocycles. The van der Waals surface area contributed by atoms with Gasteiger partial charge in [0.15, 0.2) is 24.8 Å². The Balaban J connectivity index is 1.28. The molecular weight excluding hydrogens is 500 g/mol. The summed E-state index contributed by atoms with van der Waals surface area (Å²) in [5.74, 6) is 1.25. The van der Waals surface area contributed by atoms with Crippen LogP contribution in [0.25, 0.3) is 0 Å². The number of ether oxygens (including phenoxy) is 3. The molecular formula is C30H26N2O7. The maximum atomic E-state index is 12.8. The molecule has 0 spiro atoms. The van der Waals surface area contributed by atoms with Crippen LogP contribution in [0.4, 0.5) is 11.4 Å². The Labute approximate surface area is 224 Å². The van der Waals surface area contributed by atoms with Crippen LogP contribution in [0.1, 0.15) is 32.2 Å². The van der Waals surface area contributed by atoms with Crippen molar-refractivity contribution in [3.05, 3.63) is 102 Å². The zero-order valence-electron chi connectivity index (χ0n) is 21.4. The van der Waals surface area contributed by atoms with Crippen molar-refractivity contribution < 1.29 is 33.0 Å². The summed E-state index contributed by atoms with van der Waals surface area (Å²) in [6.07, 6.45) is 0. The minimum absolute atomic E-state index is 0.0581. The largest absolute Gasteiger partial charge is 0.497 e. The van der Waals surface area contributed by atoms with Gasteiger partial charge in [-0.1, -0.05) is 17.7 Å². The number of rotatable bonds is 9. The topological polar surface area (TPSA) is 107 Å². The van der Waals surface area contributed by atoms with Gasteiger partial charge >= 0.3 is 0 Å². The molecule has 0 aliphatic carbocycles. The fraction of sp³-hybridized carbons (Fsp3) is 0.167. The number of carbonyl (C=O) groups is 3. The van der Waals surface area contributed by atoms with Gasteiger partial charge in [-0.2, -0.15) is 0 Å². The highest BCUT2D eigenvalue weighted by Gasteiger charge is 2.28. The predicted octanol–water partition coefficient (Wildman–Crippen LogP) is 5.04. The molecule has 1 aliphatic heterocycles. The van der Waals surface area contributed by atoms with Crippen molar-refractivity contribution in [1.82, 2.24) is 0 Å². The minimum Gasteiger partial charge on any atom is -0.497 e. The lowest BCUT2D eigenvalue weighted by Crippen LogP contribution is -2.38. The molecule has 5 rings (SSSR count). The second-order valence-corrected chi connectivity index (χ2v) is 8.92. The molecule has 0 unspecified atom stereocenters. The first-order chi connectivity index (χ1) is 18.9. The number of anilines is 2. The maximum absolute atomic E-state index is 12.8. The molecule has 1 N–H and O–H groups in total. The Hall–Kier alpha value is -5.05. The van der Waals surface area contributed by atoms with Crippen molar-refractivity contribution in [2.75, 3.05) is 30.5 Å². The number of methoxy groups -OCH3 is 1. The molecule has 39 heavy (non-hydrogen) atoms. The summed E-state index contributed by atoms with van der Waals surface area (Å²) < 4.78 is 22.1. The van der Waals surface area contributed by atoms with E-state index in [2.05, 4.69) is 5.32 Å². The number of Topliss-reactive ketones (excluding diaryl/α,β-unsaturated/α-hetero) is 1. The summed E-state index contributed by atoms with van der Waals surface area (Å²) in [5, 5.41) is 2.76. The van der Waals surface area contributed by atoms with Gasteiger partial charge < -0.3 is 23.9 Å². The fourth-order valence-electron chi connectivity index (χ4n) is 4.02. The Morgan fingerprint density at radius 1 is 0.949 bits per heavy atom. The summed E-state index contributed by atoms with van der Waals surface area (Å²) in [6, 6.07) is 22.4. The third-order valence-electron chi connectivity index (χ3n) is 6.16. The van der Waals surface area contributed by atoms with Gasteiger partial charge in [0.1, 0.15) is 23.0 Å². The number of aryl methyl sites for hydroxylation is 1. The van der Waals surface area contributed by atoms with Gasteiger partial charge in [0.2, 0.25) is 0 Å². The second-order valence-electron chi connectivity index (χ2n) is 8.92. The lowest BCUT2D eigenvalue weighted by atomic mass is 10.1. The van der Waals surface area contributed by atoms with Crippen LogP contribution < -0.4 is 24.4 Å². The second kappa shape index (κ2) is 11.1. The number of fused-ring (bicyclic) bond motifs is 1. The van der Waals surface area contributed by atoms with E-state index in [0.29, 0.717) is 39.9 Å². The van der Waals surface area contributed by atoms with Crippen molar-refractivity contribution in [3.8, 4) is 17.2 Å². The van der Waals surface area contributed by atoms with Gasteiger partial charge in [0, 0.05) is 11.3 Å². The van der Waals surface area contributed by atoms with E-state index >= 15 is 0 Å². The van der Waals surface area contributed by atoms with Crippen LogP contribution in [-0.2, 0) is 11.3 Å². The smallest absolute Gasteiger partial charge is 0.291 e. The third-order valence-corrected chi connectivity index (χ3v) is 6.16. The van der Waals surface area contributed by atoms with E-state index < -0.39 is 5.91 Å². The molecule has 0 saturated carbocycles. The van der Waals surface area contributed by atoms with Gasteiger partial charge in [-0.05, 0) is 73.7 Å². The Morgan fingerprint density at radius 3 is 2.44 bits per heavy atom. The van der Waals surface area contributed by atoms with Crippen molar-refractivity contribution in [2.45, 2.75) is 13.5 Å². The standard InChI is InChI=1S/C30H26N2O7/c1-19-3-8-23(9-4-19)37-17-26(33)20-5-13-27-25(15-20)32(29(34)18-38-27)16-24-12-14-28(39-24)30(35)31-21-6-10-22(36-2)11-7-21/h3-15H,16-18H2,1-2H3,(H,31,35). The molecule has 9 heteroatoms. The molecule has 1 aromatic heterocycles. The van der Waals surface area contributed by atoms with Crippen molar-refractivity contribution in [3.63, 3.8) is 0 Å². The number of carbonyl (C=O) groups excluding carboxylic acids is 3. The first-order valence-corrected chi connectivity index (χ1v) is 12.2. The molecule has 0 atom stereocenters. The molecule has 1 aliphatic rings. The molecule has 9 nitrogen and oxygen atoms in total. The van der Waals surface area contributed by atoms with Crippen molar-refractivity contribution >= 4 is 29.0 Å². The average molecular weight is 527 g/mol. The van der Waals surface area contributed by atoms with E-state index in [1.807, 2.05) is 19.1 Å². The monoisotopic (exact) mass is 526 g/mol. The summed E-state index contributed by atoms with van der Waals surface area (Å²) in [4.78, 5) is 39.7. The molecule has 0 radical (unpaired) electrons. The third kappa shape index (κ3) is 5.93. The highest BCUT2D eigenvalue weighted by molar-refractivity contribution is 6.03. The number of hydrogen-bond donors (Lipinski definition) is 1. The van der Waals surface area contributed by atoms with Crippen LogP contribution >= 0.6 is 0 Å². The molecule has 2 heterocycles. The lowest BCUT2D eigenvalue weighted by molar-refractivity contribution is -0.121. The molecule has 0 saturated heterocycles. The highest BCUT2D eigenvalue weighted by Crippen LogP contribution is 2.34. The van der Waals surface area contributed by atoms with Gasteiger partial charge in [-0.25, -0.2) is 0 Å². The van der Waals surface area contributed by atoms with Crippen molar-refractivity contribution in [2.24, 2.45) is 0 Å². The normalized spacial score (nSPS) is 12.4. The van der Waals surface area contributed by atoms with E-state index in [1.165, 1.54) is 4.90 Å². The quantitative estimate of drug-likeness (QED) is 0.305. The number of hydrogen-bond acceptors (Lipinski definition) is 7. The first kappa shape index (κ1) is 25.6. The highest BCUT2D eigenvalue weighted by atomic mass is 16.5. The van der Waals surface area contributed by atoms with Gasteiger partial charge in [0.05, 0.1) is 19.3 Å². The zero-order chi connectivity index (χ0) is 27.4. The number of furan rings is 1. The van der Waals surface area contributed by atoms with Crippen LogP contribution in [0.3, 0.4) is 0 Å². The van der Waals surface area contributed by atoms with E-state index in [9.17, 15) is 14.4 Å². The molecule has 0 fully saturated rings. The van der Waals surface area contributed by atoms with Crippen LogP contribution in [0, 0.1) is 6.92 Å². The lowest BCUT2D eigenvalue weighted by Gasteiger charge is -2.29. The van der Waals surface area contributed by atoms with Crippen LogP contribution in [-0.4, -0.2) is 37.9 Å². The maximum Gasteiger partial charge on any atom is 0.291 e. The molecule has 198 valence electrons. The van der Waals surface area contributed by atoms with E-state index in [-0.39, 0.29) is 37.2 Å². The summed E-state index contributed by atoms with van der Waals surface area (Å²) in [5.41, 5.74) is 2.49. The van der Waals surface area contributed by atoms with E-state index in [0.717, 1.165) is 5.56 Å². The van der Waals surface area contributed by atoms with E-state index in [1.54, 1.807) is 73.8 Å². The number of nitrogens with one attached hydrogen (secondary N) is 1. The first-order valence-electron chi connectivity index (χ1n) is 12.2. The Kier molecular flexibility index (Phi) is 7.31. The minimum atomic E-state index is -0.429. The van der Waals surface area contributed by atoms with Gasteiger partial charge in [-0.15, -0.1) is 0 Å². The average Bonchev–Trinajstić information content (AvgIpc) is 3.43. The summed E-state index contributed by atoms with van der Waals surface area (Å²) in [6.45, 7) is 1.73.